The van der Waals surface area contributed by atoms with Crippen molar-refractivity contribution in [1.29, 1.82) is 0 Å². The lowest BCUT2D eigenvalue weighted by atomic mass is 9.73. The van der Waals surface area contributed by atoms with E-state index in [0.717, 1.165) is 16.7 Å². The summed E-state index contributed by atoms with van der Waals surface area (Å²) in [5.74, 6) is -0.761. The fourth-order valence-corrected chi connectivity index (χ4v) is 4.01. The molecule has 0 aromatic heterocycles. The van der Waals surface area contributed by atoms with Crippen LogP contribution >= 0.6 is 0 Å². The van der Waals surface area contributed by atoms with Crippen LogP contribution in [0.5, 0.6) is 0 Å². The molecule has 3 aromatic rings. The van der Waals surface area contributed by atoms with Crippen molar-refractivity contribution >= 4 is 11.8 Å². The molecule has 0 aliphatic carbocycles. The molecule has 2 unspecified atom stereocenters. The van der Waals surface area contributed by atoms with Crippen LogP contribution < -0.4 is 5.32 Å². The Kier molecular flexibility index (Phi) is 5.03. The minimum atomic E-state index is -1.20. The molecule has 1 aliphatic rings. The first-order valence-electron chi connectivity index (χ1n) is 9.71. The molecule has 4 nitrogen and oxygen atoms in total. The summed E-state index contributed by atoms with van der Waals surface area (Å²) in [5.41, 5.74) is 3.65. The molecule has 3 aromatic carbocycles. The molecule has 0 spiro atoms. The van der Waals surface area contributed by atoms with Crippen molar-refractivity contribution in [2.75, 3.05) is 0 Å². The number of hydrogen-bond acceptors (Lipinski definition) is 3. The summed E-state index contributed by atoms with van der Waals surface area (Å²) in [7, 11) is 0. The van der Waals surface area contributed by atoms with Gasteiger partial charge in [-0.1, -0.05) is 84.4 Å². The fourth-order valence-electron chi connectivity index (χ4n) is 4.01. The number of imide groups is 1. The summed E-state index contributed by atoms with van der Waals surface area (Å²) in [5, 5.41) is 13.6. The van der Waals surface area contributed by atoms with E-state index < -0.39 is 17.4 Å². The van der Waals surface area contributed by atoms with Crippen molar-refractivity contribution in [3.05, 3.63) is 95.6 Å². The van der Waals surface area contributed by atoms with Crippen molar-refractivity contribution in [2.45, 2.75) is 25.9 Å². The van der Waals surface area contributed by atoms with E-state index in [1.165, 1.54) is 5.56 Å². The van der Waals surface area contributed by atoms with Gasteiger partial charge in [0, 0.05) is 6.42 Å². The molecule has 4 heteroatoms. The zero-order valence-corrected chi connectivity index (χ0v) is 16.3. The lowest BCUT2D eigenvalue weighted by Gasteiger charge is -2.31. The van der Waals surface area contributed by atoms with E-state index >= 15 is 0 Å². The van der Waals surface area contributed by atoms with Crippen LogP contribution in [-0.4, -0.2) is 16.9 Å². The van der Waals surface area contributed by atoms with Crippen molar-refractivity contribution in [3.8, 4) is 11.1 Å². The SMILES string of the molecule is Cc1ccc(-c2ccc(C(O)C3(Cc4ccccc4)CC(=O)NC3=O)cc2)cc1. The molecule has 1 heterocycles. The molecule has 1 aliphatic heterocycles. The van der Waals surface area contributed by atoms with E-state index in [9.17, 15) is 14.7 Å². The summed E-state index contributed by atoms with van der Waals surface area (Å²) in [4.78, 5) is 24.8. The maximum atomic E-state index is 12.8. The summed E-state index contributed by atoms with van der Waals surface area (Å²) in [6.45, 7) is 2.04. The first kappa shape index (κ1) is 19.1. The predicted molar refractivity (Wildman–Crippen MR) is 112 cm³/mol. The monoisotopic (exact) mass is 385 g/mol. The molecule has 146 valence electrons. The van der Waals surface area contributed by atoms with Crippen LogP contribution in [0.25, 0.3) is 11.1 Å². The second kappa shape index (κ2) is 7.64. The molecule has 0 bridgehead atoms. The third-order valence-corrected chi connectivity index (χ3v) is 5.68. The second-order valence-electron chi connectivity index (χ2n) is 7.76. The number of rotatable bonds is 5. The zero-order valence-electron chi connectivity index (χ0n) is 16.3. The summed E-state index contributed by atoms with van der Waals surface area (Å²) < 4.78 is 0. The first-order chi connectivity index (χ1) is 14.0. The number of carbonyl (C=O) groups excluding carboxylic acids is 2. The zero-order chi connectivity index (χ0) is 20.4. The largest absolute Gasteiger partial charge is 0.387 e. The van der Waals surface area contributed by atoms with Gasteiger partial charge in [0.2, 0.25) is 11.8 Å². The Morgan fingerprint density at radius 2 is 1.48 bits per heavy atom. The molecular formula is C25H23NO3. The van der Waals surface area contributed by atoms with Gasteiger partial charge in [-0.25, -0.2) is 0 Å². The molecule has 29 heavy (non-hydrogen) atoms. The van der Waals surface area contributed by atoms with Gasteiger partial charge in [-0.05, 0) is 35.6 Å². The molecule has 1 saturated heterocycles. The number of benzene rings is 3. The third kappa shape index (κ3) is 3.71. The Labute approximate surface area is 170 Å². The summed E-state index contributed by atoms with van der Waals surface area (Å²) in [6.07, 6.45) is -0.810. The average Bonchev–Trinajstić information content (AvgIpc) is 3.02. The van der Waals surface area contributed by atoms with Crippen LogP contribution in [0.3, 0.4) is 0 Å². The van der Waals surface area contributed by atoms with Crippen molar-refractivity contribution < 1.29 is 14.7 Å². The molecule has 0 radical (unpaired) electrons. The number of hydrogen-bond donors (Lipinski definition) is 2. The molecule has 2 atom stereocenters. The Bertz CT molecular complexity index is 1030. The highest BCUT2D eigenvalue weighted by atomic mass is 16.3. The van der Waals surface area contributed by atoms with E-state index in [2.05, 4.69) is 29.6 Å². The fraction of sp³-hybridized carbons (Fsp3) is 0.200. The van der Waals surface area contributed by atoms with Gasteiger partial charge >= 0.3 is 0 Å². The summed E-state index contributed by atoms with van der Waals surface area (Å²) >= 11 is 0. The van der Waals surface area contributed by atoms with Crippen LogP contribution in [-0.2, 0) is 16.0 Å². The number of nitrogens with one attached hydrogen (secondary N) is 1. The van der Waals surface area contributed by atoms with E-state index in [1.807, 2.05) is 61.5 Å². The minimum Gasteiger partial charge on any atom is -0.387 e. The smallest absolute Gasteiger partial charge is 0.236 e. The highest BCUT2D eigenvalue weighted by Gasteiger charge is 2.52. The Balaban J connectivity index is 1.66. The van der Waals surface area contributed by atoms with Gasteiger partial charge in [-0.2, -0.15) is 0 Å². The predicted octanol–water partition coefficient (Wildman–Crippen LogP) is 3.97. The Hall–Kier alpha value is -3.24. The third-order valence-electron chi connectivity index (χ3n) is 5.68. The van der Waals surface area contributed by atoms with Gasteiger partial charge in [0.05, 0.1) is 11.5 Å². The van der Waals surface area contributed by atoms with Gasteiger partial charge in [-0.15, -0.1) is 0 Å². The quantitative estimate of drug-likeness (QED) is 0.653. The topological polar surface area (TPSA) is 66.4 Å². The maximum Gasteiger partial charge on any atom is 0.236 e. The number of aliphatic hydroxyl groups is 1. The lowest BCUT2D eigenvalue weighted by molar-refractivity contribution is -0.134. The van der Waals surface area contributed by atoms with E-state index in [1.54, 1.807) is 0 Å². The van der Waals surface area contributed by atoms with Crippen LogP contribution in [0.1, 0.15) is 29.2 Å². The van der Waals surface area contributed by atoms with E-state index in [4.69, 9.17) is 0 Å². The minimum absolute atomic E-state index is 0.0262. The van der Waals surface area contributed by atoms with E-state index in [-0.39, 0.29) is 12.3 Å². The Morgan fingerprint density at radius 1 is 0.897 bits per heavy atom. The average molecular weight is 385 g/mol. The van der Waals surface area contributed by atoms with Crippen molar-refractivity contribution in [2.24, 2.45) is 5.41 Å². The molecule has 2 amide bonds. The standard InChI is InChI=1S/C25H23NO3/c1-17-7-9-19(10-8-17)20-11-13-21(14-12-20)23(28)25(16-22(27)26-24(25)29)15-18-5-3-2-4-6-18/h2-14,23,28H,15-16H2,1H3,(H,26,27,29). The van der Waals surface area contributed by atoms with Crippen LogP contribution in [0.2, 0.25) is 0 Å². The molecule has 2 N–H and O–H groups in total. The van der Waals surface area contributed by atoms with Gasteiger partial charge in [0.25, 0.3) is 0 Å². The van der Waals surface area contributed by atoms with Crippen LogP contribution in [0.15, 0.2) is 78.9 Å². The molecule has 0 saturated carbocycles. The first-order valence-corrected chi connectivity index (χ1v) is 9.71. The molecular weight excluding hydrogens is 362 g/mol. The van der Waals surface area contributed by atoms with Crippen LogP contribution in [0, 0.1) is 12.3 Å². The van der Waals surface area contributed by atoms with Gasteiger partial charge in [0.1, 0.15) is 0 Å². The van der Waals surface area contributed by atoms with Gasteiger partial charge < -0.3 is 5.11 Å². The van der Waals surface area contributed by atoms with Gasteiger partial charge in [0.15, 0.2) is 0 Å². The van der Waals surface area contributed by atoms with E-state index in [0.29, 0.717) is 12.0 Å². The van der Waals surface area contributed by atoms with Crippen molar-refractivity contribution in [1.82, 2.24) is 5.32 Å². The Morgan fingerprint density at radius 3 is 2.03 bits per heavy atom. The highest BCUT2D eigenvalue weighted by Crippen LogP contribution is 2.43. The van der Waals surface area contributed by atoms with Gasteiger partial charge in [-0.3, -0.25) is 14.9 Å². The number of amides is 2. The van der Waals surface area contributed by atoms with Crippen LogP contribution in [0.4, 0.5) is 0 Å². The summed E-state index contributed by atoms with van der Waals surface area (Å²) in [6, 6.07) is 25.3. The number of carbonyl (C=O) groups is 2. The molecule has 4 rings (SSSR count). The maximum absolute atomic E-state index is 12.8. The normalized spacial score (nSPS) is 19.8. The number of aliphatic hydroxyl groups excluding tert-OH is 1. The molecule has 1 fully saturated rings. The lowest BCUT2D eigenvalue weighted by Crippen LogP contribution is -2.39. The number of aryl methyl sites for hydroxylation is 1. The second-order valence-corrected chi connectivity index (χ2v) is 7.76. The highest BCUT2D eigenvalue weighted by molar-refractivity contribution is 6.06. The van der Waals surface area contributed by atoms with Crippen molar-refractivity contribution in [3.63, 3.8) is 0 Å².